The van der Waals surface area contributed by atoms with E-state index in [1.54, 1.807) is 0 Å². The topological polar surface area (TPSA) is 26.3 Å². The number of carbonyl (C=O) groups excluding carboxylic acids is 1. The zero-order chi connectivity index (χ0) is 17.3. The summed E-state index contributed by atoms with van der Waals surface area (Å²) in [5.74, 6) is 0.860. The highest BCUT2D eigenvalue weighted by Crippen LogP contribution is 2.47. The van der Waals surface area contributed by atoms with Gasteiger partial charge in [0.15, 0.2) is 0 Å². The van der Waals surface area contributed by atoms with Crippen LogP contribution in [0.3, 0.4) is 0 Å². The summed E-state index contributed by atoms with van der Waals surface area (Å²) in [6, 6.07) is 4.40. The molecule has 0 spiro atoms. The fraction of sp³-hybridized carbons (Fsp3) is 0.571. The van der Waals surface area contributed by atoms with Crippen molar-refractivity contribution in [3.05, 3.63) is 40.5 Å². The van der Waals surface area contributed by atoms with Crippen molar-refractivity contribution < 1.29 is 9.53 Å². The summed E-state index contributed by atoms with van der Waals surface area (Å²) in [6.45, 7) is 13.9. The van der Waals surface area contributed by atoms with Gasteiger partial charge in [-0.1, -0.05) is 39.3 Å². The largest absolute Gasteiger partial charge is 0.489 e. The average molecular weight is 314 g/mol. The van der Waals surface area contributed by atoms with Crippen molar-refractivity contribution in [3.8, 4) is 5.75 Å². The summed E-state index contributed by atoms with van der Waals surface area (Å²) in [4.78, 5) is 11.1. The Labute approximate surface area is 140 Å². The van der Waals surface area contributed by atoms with E-state index in [0.717, 1.165) is 17.6 Å². The quantitative estimate of drug-likeness (QED) is 0.557. The van der Waals surface area contributed by atoms with Crippen molar-refractivity contribution in [3.63, 3.8) is 0 Å². The van der Waals surface area contributed by atoms with Gasteiger partial charge >= 0.3 is 0 Å². The Morgan fingerprint density at radius 1 is 1.09 bits per heavy atom. The lowest BCUT2D eigenvalue weighted by molar-refractivity contribution is -0.107. The van der Waals surface area contributed by atoms with E-state index in [1.165, 1.54) is 29.5 Å². The van der Waals surface area contributed by atoms with Crippen LogP contribution in [0.2, 0.25) is 0 Å². The molecular weight excluding hydrogens is 284 g/mol. The Kier molecular flexibility index (Phi) is 5.03. The van der Waals surface area contributed by atoms with E-state index in [-0.39, 0.29) is 10.8 Å². The zero-order valence-electron chi connectivity index (χ0n) is 15.5. The van der Waals surface area contributed by atoms with Crippen molar-refractivity contribution >= 4 is 6.29 Å². The molecule has 0 heterocycles. The normalized spacial score (nSPS) is 18.0. The predicted molar refractivity (Wildman–Crippen MR) is 96.4 cm³/mol. The fourth-order valence-corrected chi connectivity index (χ4v) is 3.32. The monoisotopic (exact) mass is 314 g/mol. The van der Waals surface area contributed by atoms with Gasteiger partial charge in [-0.3, -0.25) is 0 Å². The van der Waals surface area contributed by atoms with Gasteiger partial charge < -0.3 is 9.53 Å². The molecule has 0 radical (unpaired) electrons. The summed E-state index contributed by atoms with van der Waals surface area (Å²) in [5.41, 5.74) is 5.30. The molecule has 1 aromatic rings. The average Bonchev–Trinajstić information content (AvgIpc) is 2.45. The van der Waals surface area contributed by atoms with Crippen LogP contribution in [0, 0.1) is 0 Å². The van der Waals surface area contributed by atoms with Gasteiger partial charge in [-0.25, -0.2) is 0 Å². The Morgan fingerprint density at radius 2 is 1.65 bits per heavy atom. The molecule has 126 valence electrons. The summed E-state index contributed by atoms with van der Waals surface area (Å²) < 4.78 is 5.99. The maximum Gasteiger partial charge on any atom is 0.124 e. The fourth-order valence-electron chi connectivity index (χ4n) is 3.32. The number of fused-ring (bicyclic) bond motifs is 1. The number of hydrogen-bond donors (Lipinski definition) is 0. The molecule has 0 fully saturated rings. The standard InChI is InChI=1S/C21H30O2/c1-15(2)8-12-23-19-14-18-17(13-16(19)7-11-22)20(3,4)9-10-21(18,5)6/h8,11,13-14H,7,9-10,12H2,1-6H3. The minimum absolute atomic E-state index is 0.152. The third-order valence-electron chi connectivity index (χ3n) is 5.07. The Balaban J connectivity index is 2.50. The van der Waals surface area contributed by atoms with Gasteiger partial charge in [0.05, 0.1) is 0 Å². The number of rotatable bonds is 5. The first kappa shape index (κ1) is 17.8. The Bertz CT molecular complexity index is 617. The van der Waals surface area contributed by atoms with Crippen molar-refractivity contribution in [1.29, 1.82) is 0 Å². The van der Waals surface area contributed by atoms with E-state index in [0.29, 0.717) is 13.0 Å². The first-order valence-electron chi connectivity index (χ1n) is 8.55. The molecule has 0 saturated heterocycles. The predicted octanol–water partition coefficient (Wildman–Crippen LogP) is 5.12. The second-order valence-electron chi connectivity index (χ2n) is 8.24. The molecule has 2 heteroatoms. The third kappa shape index (κ3) is 3.85. The summed E-state index contributed by atoms with van der Waals surface area (Å²) in [7, 11) is 0. The maximum atomic E-state index is 11.1. The van der Waals surface area contributed by atoms with Crippen LogP contribution in [0.15, 0.2) is 23.8 Å². The molecule has 0 aromatic heterocycles. The van der Waals surface area contributed by atoms with Gasteiger partial charge in [-0.05, 0) is 60.8 Å². The van der Waals surface area contributed by atoms with Crippen molar-refractivity contribution in [2.24, 2.45) is 0 Å². The summed E-state index contributed by atoms with van der Waals surface area (Å²) in [5, 5.41) is 0. The third-order valence-corrected chi connectivity index (χ3v) is 5.07. The molecule has 0 bridgehead atoms. The lowest BCUT2D eigenvalue weighted by Gasteiger charge is -2.42. The summed E-state index contributed by atoms with van der Waals surface area (Å²) in [6.07, 6.45) is 5.79. The molecule has 0 unspecified atom stereocenters. The molecule has 0 atom stereocenters. The molecule has 1 aromatic carbocycles. The van der Waals surface area contributed by atoms with Crippen molar-refractivity contribution in [2.75, 3.05) is 6.61 Å². The highest BCUT2D eigenvalue weighted by molar-refractivity contribution is 5.60. The van der Waals surface area contributed by atoms with Crippen molar-refractivity contribution in [1.82, 2.24) is 0 Å². The minimum atomic E-state index is 0.152. The second-order valence-corrected chi connectivity index (χ2v) is 8.24. The Hall–Kier alpha value is -1.57. The number of hydrogen-bond acceptors (Lipinski definition) is 2. The van der Waals surface area contributed by atoms with Gasteiger partial charge in [0.2, 0.25) is 0 Å². The van der Waals surface area contributed by atoms with Crippen LogP contribution in [0.1, 0.15) is 71.1 Å². The van der Waals surface area contributed by atoms with Crippen LogP contribution in [0.25, 0.3) is 0 Å². The van der Waals surface area contributed by atoms with E-state index < -0.39 is 0 Å². The van der Waals surface area contributed by atoms with Gasteiger partial charge in [-0.15, -0.1) is 0 Å². The molecule has 0 amide bonds. The molecule has 2 nitrogen and oxygen atoms in total. The number of allylic oxidation sites excluding steroid dienone is 1. The van der Waals surface area contributed by atoms with Gasteiger partial charge in [-0.2, -0.15) is 0 Å². The van der Waals surface area contributed by atoms with Crippen LogP contribution < -0.4 is 4.74 Å². The van der Waals surface area contributed by atoms with E-state index in [2.05, 4.69) is 59.8 Å². The highest BCUT2D eigenvalue weighted by atomic mass is 16.5. The number of benzene rings is 1. The van der Waals surface area contributed by atoms with Crippen LogP contribution >= 0.6 is 0 Å². The first-order chi connectivity index (χ1) is 10.7. The van der Waals surface area contributed by atoms with Crippen LogP contribution in [-0.2, 0) is 22.0 Å². The first-order valence-corrected chi connectivity index (χ1v) is 8.55. The molecule has 1 aliphatic rings. The lowest BCUT2D eigenvalue weighted by Crippen LogP contribution is -2.34. The molecule has 0 saturated carbocycles. The number of carbonyl (C=O) groups is 1. The van der Waals surface area contributed by atoms with Crippen molar-refractivity contribution in [2.45, 2.75) is 71.6 Å². The van der Waals surface area contributed by atoms with Crippen LogP contribution in [-0.4, -0.2) is 12.9 Å². The lowest BCUT2D eigenvalue weighted by atomic mass is 9.63. The number of ether oxygens (including phenoxy) is 1. The smallest absolute Gasteiger partial charge is 0.124 e. The van der Waals surface area contributed by atoms with Gasteiger partial charge in [0.1, 0.15) is 18.6 Å². The SMILES string of the molecule is CC(C)=CCOc1cc2c(cc1CC=O)C(C)(C)CCC2(C)C. The molecule has 0 aliphatic heterocycles. The molecule has 1 aliphatic carbocycles. The zero-order valence-corrected chi connectivity index (χ0v) is 15.5. The van der Waals surface area contributed by atoms with Crippen LogP contribution in [0.5, 0.6) is 5.75 Å². The number of aldehydes is 1. The minimum Gasteiger partial charge on any atom is -0.489 e. The highest BCUT2D eigenvalue weighted by Gasteiger charge is 2.37. The van der Waals surface area contributed by atoms with E-state index >= 15 is 0 Å². The van der Waals surface area contributed by atoms with E-state index in [9.17, 15) is 4.79 Å². The van der Waals surface area contributed by atoms with Gasteiger partial charge in [0.25, 0.3) is 0 Å². The molecular formula is C21H30O2. The molecule has 23 heavy (non-hydrogen) atoms. The van der Waals surface area contributed by atoms with Gasteiger partial charge in [0, 0.05) is 12.0 Å². The van der Waals surface area contributed by atoms with Crippen LogP contribution in [0.4, 0.5) is 0 Å². The van der Waals surface area contributed by atoms with E-state index in [4.69, 9.17) is 4.74 Å². The maximum absolute atomic E-state index is 11.1. The second kappa shape index (κ2) is 6.51. The molecule has 0 N–H and O–H groups in total. The summed E-state index contributed by atoms with van der Waals surface area (Å²) >= 11 is 0. The van der Waals surface area contributed by atoms with E-state index in [1.807, 2.05) is 0 Å². The Morgan fingerprint density at radius 3 is 2.17 bits per heavy atom. The molecule has 2 rings (SSSR count).